The number of benzene rings is 1. The lowest BCUT2D eigenvalue weighted by Gasteiger charge is -2.35. The van der Waals surface area contributed by atoms with Gasteiger partial charge in [0.05, 0.1) is 23.7 Å². The summed E-state index contributed by atoms with van der Waals surface area (Å²) < 4.78 is 0. The van der Waals surface area contributed by atoms with Crippen molar-refractivity contribution in [2.75, 3.05) is 18.4 Å². The second kappa shape index (κ2) is 7.07. The summed E-state index contributed by atoms with van der Waals surface area (Å²) in [5.41, 5.74) is 4.60. The number of nitrogens with zero attached hydrogens (tertiary/aromatic N) is 3. The normalized spacial score (nSPS) is 22.4. The highest BCUT2D eigenvalue weighted by molar-refractivity contribution is 7.07. The van der Waals surface area contributed by atoms with E-state index in [2.05, 4.69) is 10.3 Å². The molecule has 2 atom stereocenters. The molecule has 3 aliphatic heterocycles. The van der Waals surface area contributed by atoms with Crippen LogP contribution in [0.2, 0.25) is 0 Å². The van der Waals surface area contributed by atoms with Crippen molar-refractivity contribution in [1.82, 2.24) is 14.8 Å². The topological polar surface area (TPSA) is 65.5 Å². The second-order valence-electron chi connectivity index (χ2n) is 7.08. The lowest BCUT2D eigenvalue weighted by Crippen LogP contribution is -2.47. The van der Waals surface area contributed by atoms with Gasteiger partial charge in [0.1, 0.15) is 0 Å². The second-order valence-corrected chi connectivity index (χ2v) is 7.80. The van der Waals surface area contributed by atoms with E-state index in [4.69, 9.17) is 0 Å². The zero-order chi connectivity index (χ0) is 18.1. The van der Waals surface area contributed by atoms with Gasteiger partial charge < -0.3 is 15.1 Å². The largest absolute Gasteiger partial charge is 0.332 e. The molecule has 6 nitrogen and oxygen atoms in total. The van der Waals surface area contributed by atoms with E-state index in [1.54, 1.807) is 10.4 Å². The van der Waals surface area contributed by atoms with Crippen LogP contribution >= 0.6 is 11.3 Å². The van der Waals surface area contributed by atoms with Crippen molar-refractivity contribution in [3.8, 4) is 0 Å². The molecule has 3 fully saturated rings. The summed E-state index contributed by atoms with van der Waals surface area (Å²) in [6.07, 6.45) is 1.79. The van der Waals surface area contributed by atoms with Crippen LogP contribution in [-0.2, 0) is 11.3 Å². The van der Waals surface area contributed by atoms with Crippen molar-refractivity contribution in [2.24, 2.45) is 5.92 Å². The van der Waals surface area contributed by atoms with Crippen molar-refractivity contribution in [3.05, 3.63) is 46.4 Å². The SMILES string of the molecule is Cc1cccc(NC(=O)N2C[C@@H]3CC[C@H](C2)N(Cc2cscn2)C3=O)c1. The molecule has 0 saturated carbocycles. The summed E-state index contributed by atoms with van der Waals surface area (Å²) in [6.45, 7) is 3.60. The van der Waals surface area contributed by atoms with Crippen LogP contribution in [0.3, 0.4) is 0 Å². The molecule has 0 spiro atoms. The molecule has 1 aromatic heterocycles. The number of hydrogen-bond acceptors (Lipinski definition) is 4. The van der Waals surface area contributed by atoms with E-state index in [1.807, 2.05) is 41.5 Å². The van der Waals surface area contributed by atoms with Gasteiger partial charge in [-0.25, -0.2) is 9.78 Å². The van der Waals surface area contributed by atoms with E-state index < -0.39 is 0 Å². The highest BCUT2D eigenvalue weighted by Crippen LogP contribution is 2.30. The van der Waals surface area contributed by atoms with Gasteiger partial charge in [-0.1, -0.05) is 12.1 Å². The molecule has 0 unspecified atom stereocenters. The summed E-state index contributed by atoms with van der Waals surface area (Å²) in [6, 6.07) is 7.69. The molecule has 5 rings (SSSR count). The molecule has 3 saturated heterocycles. The Hall–Kier alpha value is -2.41. The summed E-state index contributed by atoms with van der Waals surface area (Å²) in [7, 11) is 0. The fourth-order valence-corrected chi connectivity index (χ4v) is 4.38. The Labute approximate surface area is 156 Å². The number of carbonyl (C=O) groups excluding carboxylic acids is 2. The van der Waals surface area contributed by atoms with Crippen molar-refractivity contribution < 1.29 is 9.59 Å². The van der Waals surface area contributed by atoms with Gasteiger partial charge in [0, 0.05) is 30.2 Å². The number of rotatable bonds is 3. The standard InChI is InChI=1S/C19H22N4O2S/c1-13-3-2-4-15(7-13)21-19(25)22-8-14-5-6-17(10-22)23(18(14)24)9-16-11-26-12-20-16/h2-4,7,11-12,14,17H,5-6,8-10H2,1H3,(H,21,25)/t14-,17+/m0/s1. The number of hydrogen-bond donors (Lipinski definition) is 1. The highest BCUT2D eigenvalue weighted by atomic mass is 32.1. The first kappa shape index (κ1) is 17.0. The molecule has 0 aliphatic carbocycles. The van der Waals surface area contributed by atoms with E-state index in [-0.39, 0.29) is 23.9 Å². The third kappa shape index (κ3) is 3.44. The van der Waals surface area contributed by atoms with Crippen LogP contribution in [0.1, 0.15) is 24.1 Å². The van der Waals surface area contributed by atoms with Crippen LogP contribution in [0.5, 0.6) is 0 Å². The number of thiazole rings is 1. The van der Waals surface area contributed by atoms with Gasteiger partial charge in [0.2, 0.25) is 5.91 Å². The molecule has 26 heavy (non-hydrogen) atoms. The van der Waals surface area contributed by atoms with Crippen LogP contribution in [-0.4, -0.2) is 45.9 Å². The summed E-state index contributed by atoms with van der Waals surface area (Å²) in [4.78, 5) is 33.6. The van der Waals surface area contributed by atoms with Crippen LogP contribution in [0.25, 0.3) is 0 Å². The van der Waals surface area contributed by atoms with Gasteiger partial charge in [-0.15, -0.1) is 11.3 Å². The van der Waals surface area contributed by atoms with Gasteiger partial charge in [0.25, 0.3) is 0 Å². The predicted molar refractivity (Wildman–Crippen MR) is 101 cm³/mol. The molecule has 3 amide bonds. The molecule has 4 heterocycles. The number of fused-ring (bicyclic) bond motifs is 4. The number of nitrogens with one attached hydrogen (secondary N) is 1. The number of piperidine rings is 1. The number of amides is 3. The Balaban J connectivity index is 1.48. The zero-order valence-corrected chi connectivity index (χ0v) is 15.5. The number of aromatic nitrogens is 1. The number of carbonyl (C=O) groups is 2. The summed E-state index contributed by atoms with van der Waals surface area (Å²) in [5, 5.41) is 4.95. The summed E-state index contributed by atoms with van der Waals surface area (Å²) >= 11 is 1.54. The Kier molecular flexibility index (Phi) is 4.63. The minimum atomic E-state index is -0.129. The number of urea groups is 1. The first-order valence-corrected chi connectivity index (χ1v) is 9.84. The molecule has 2 aromatic rings. The number of aryl methyl sites for hydroxylation is 1. The average Bonchev–Trinajstić information content (AvgIpc) is 2.97. The maximum Gasteiger partial charge on any atom is 0.321 e. The maximum absolute atomic E-state index is 12.8. The zero-order valence-electron chi connectivity index (χ0n) is 14.7. The van der Waals surface area contributed by atoms with Crippen molar-refractivity contribution >= 4 is 29.0 Å². The lowest BCUT2D eigenvalue weighted by atomic mass is 9.94. The van der Waals surface area contributed by atoms with Crippen LogP contribution < -0.4 is 5.32 Å². The molecule has 3 aliphatic rings. The highest BCUT2D eigenvalue weighted by Gasteiger charge is 2.42. The Morgan fingerprint density at radius 1 is 1.35 bits per heavy atom. The van der Waals surface area contributed by atoms with Gasteiger partial charge in [-0.3, -0.25) is 4.79 Å². The van der Waals surface area contributed by atoms with Gasteiger partial charge in [-0.2, -0.15) is 0 Å². The van der Waals surface area contributed by atoms with Crippen molar-refractivity contribution in [2.45, 2.75) is 32.4 Å². The Morgan fingerprint density at radius 2 is 2.23 bits per heavy atom. The Bertz CT molecular complexity index is 808. The molecule has 0 radical (unpaired) electrons. The van der Waals surface area contributed by atoms with Gasteiger partial charge >= 0.3 is 6.03 Å². The monoisotopic (exact) mass is 370 g/mol. The molecule has 1 aromatic carbocycles. The molecular formula is C19H22N4O2S. The molecular weight excluding hydrogens is 348 g/mol. The van der Waals surface area contributed by atoms with Crippen LogP contribution in [0, 0.1) is 12.8 Å². The number of anilines is 1. The molecule has 2 bridgehead atoms. The minimum absolute atomic E-state index is 0.0613. The molecule has 136 valence electrons. The van der Waals surface area contributed by atoms with Crippen molar-refractivity contribution in [1.29, 1.82) is 0 Å². The smallest absolute Gasteiger partial charge is 0.321 e. The average molecular weight is 370 g/mol. The first-order chi connectivity index (χ1) is 12.6. The van der Waals surface area contributed by atoms with Crippen LogP contribution in [0.15, 0.2) is 35.2 Å². The first-order valence-electron chi connectivity index (χ1n) is 8.90. The molecule has 7 heteroatoms. The van der Waals surface area contributed by atoms with Gasteiger partial charge in [-0.05, 0) is 37.5 Å². The van der Waals surface area contributed by atoms with E-state index in [0.29, 0.717) is 19.6 Å². The minimum Gasteiger partial charge on any atom is -0.332 e. The van der Waals surface area contributed by atoms with E-state index in [9.17, 15) is 9.59 Å². The fourth-order valence-electron chi connectivity index (χ4n) is 3.83. The van der Waals surface area contributed by atoms with E-state index in [0.717, 1.165) is 29.8 Å². The summed E-state index contributed by atoms with van der Waals surface area (Å²) in [5.74, 6) is 0.0377. The quantitative estimate of drug-likeness (QED) is 0.903. The van der Waals surface area contributed by atoms with Gasteiger partial charge in [0.15, 0.2) is 0 Å². The van der Waals surface area contributed by atoms with E-state index >= 15 is 0 Å². The van der Waals surface area contributed by atoms with Crippen molar-refractivity contribution in [3.63, 3.8) is 0 Å². The lowest BCUT2D eigenvalue weighted by molar-refractivity contribution is -0.140. The third-order valence-electron chi connectivity index (χ3n) is 5.17. The Morgan fingerprint density at radius 3 is 3.00 bits per heavy atom. The molecule has 1 N–H and O–H groups in total. The van der Waals surface area contributed by atoms with E-state index in [1.165, 1.54) is 11.3 Å². The van der Waals surface area contributed by atoms with Crippen LogP contribution in [0.4, 0.5) is 10.5 Å². The fraction of sp³-hybridized carbons (Fsp3) is 0.421. The third-order valence-corrected chi connectivity index (χ3v) is 5.80. The predicted octanol–water partition coefficient (Wildman–Crippen LogP) is 3.11. The maximum atomic E-state index is 12.8.